The van der Waals surface area contributed by atoms with Crippen molar-refractivity contribution in [2.45, 2.75) is 18.9 Å². The molecule has 1 aromatic rings. The minimum absolute atomic E-state index is 0.00105. The van der Waals surface area contributed by atoms with Crippen LogP contribution in [0.1, 0.15) is 12.8 Å². The highest BCUT2D eigenvalue weighted by atomic mass is 19.1. The van der Waals surface area contributed by atoms with Crippen LogP contribution in [0.3, 0.4) is 0 Å². The number of amides is 2. The molecule has 2 rings (SSSR count). The summed E-state index contributed by atoms with van der Waals surface area (Å²) in [6, 6.07) is 2.64. The Morgan fingerprint density at radius 3 is 2.73 bits per heavy atom. The van der Waals surface area contributed by atoms with E-state index in [-0.39, 0.29) is 24.2 Å². The Bertz CT molecular complexity index is 578. The predicted molar refractivity (Wildman–Crippen MR) is 78.3 cm³/mol. The van der Waals surface area contributed by atoms with Gasteiger partial charge in [0.2, 0.25) is 11.8 Å². The highest BCUT2D eigenvalue weighted by Crippen LogP contribution is 2.19. The first-order chi connectivity index (χ1) is 10.4. The van der Waals surface area contributed by atoms with E-state index >= 15 is 0 Å². The second kappa shape index (κ2) is 6.83. The number of nitrogens with one attached hydrogen (secondary N) is 1. The van der Waals surface area contributed by atoms with E-state index in [1.54, 1.807) is 19.0 Å². The maximum Gasteiger partial charge on any atom is 0.239 e. The number of benzene rings is 1. The van der Waals surface area contributed by atoms with Crippen LogP contribution in [0.15, 0.2) is 18.2 Å². The number of likely N-dealkylation sites (N-methyl/N-ethyl adjacent to an activating group) is 1. The van der Waals surface area contributed by atoms with Crippen LogP contribution in [0.2, 0.25) is 0 Å². The molecule has 1 aromatic carbocycles. The molecule has 0 saturated carbocycles. The van der Waals surface area contributed by atoms with E-state index < -0.39 is 17.5 Å². The average molecular weight is 311 g/mol. The minimum Gasteiger partial charge on any atom is -0.347 e. The molecule has 1 unspecified atom stereocenters. The molecule has 1 fully saturated rings. The highest BCUT2D eigenvalue weighted by molar-refractivity contribution is 5.93. The van der Waals surface area contributed by atoms with Gasteiger partial charge in [0.15, 0.2) is 0 Å². The number of halogens is 2. The molecule has 1 atom stereocenters. The summed E-state index contributed by atoms with van der Waals surface area (Å²) in [7, 11) is 3.35. The summed E-state index contributed by atoms with van der Waals surface area (Å²) in [5.74, 6) is -2.00. The maximum atomic E-state index is 13.5. The smallest absolute Gasteiger partial charge is 0.239 e. The normalized spacial score (nSPS) is 18.3. The summed E-state index contributed by atoms with van der Waals surface area (Å²) in [6.45, 7) is 0.643. The van der Waals surface area contributed by atoms with E-state index in [1.807, 2.05) is 0 Å². The average Bonchev–Trinajstić information content (AvgIpc) is 2.89. The molecule has 0 aliphatic carbocycles. The number of rotatable bonds is 4. The predicted octanol–water partition coefficient (Wildman–Crippen LogP) is 1.46. The van der Waals surface area contributed by atoms with Crippen molar-refractivity contribution in [2.75, 3.05) is 32.5 Å². The molecule has 0 aromatic heterocycles. The molecule has 1 aliphatic rings. The molecule has 0 bridgehead atoms. The van der Waals surface area contributed by atoms with Gasteiger partial charge in [-0.2, -0.15) is 0 Å². The van der Waals surface area contributed by atoms with E-state index in [9.17, 15) is 18.4 Å². The van der Waals surface area contributed by atoms with Crippen LogP contribution < -0.4 is 5.32 Å². The Labute approximate surface area is 127 Å². The van der Waals surface area contributed by atoms with E-state index in [1.165, 1.54) is 11.0 Å². The molecule has 0 spiro atoms. The Balaban J connectivity index is 1.98. The summed E-state index contributed by atoms with van der Waals surface area (Å²) in [6.07, 6.45) is 1.54. The molecule has 1 aliphatic heterocycles. The summed E-state index contributed by atoms with van der Waals surface area (Å²) in [4.78, 5) is 27.3. The van der Waals surface area contributed by atoms with Gasteiger partial charge >= 0.3 is 0 Å². The third-order valence-electron chi connectivity index (χ3n) is 3.64. The largest absolute Gasteiger partial charge is 0.347 e. The van der Waals surface area contributed by atoms with E-state index in [2.05, 4.69) is 5.32 Å². The van der Waals surface area contributed by atoms with Crippen molar-refractivity contribution in [2.24, 2.45) is 0 Å². The minimum atomic E-state index is -0.823. The van der Waals surface area contributed by atoms with E-state index in [0.717, 1.165) is 12.5 Å². The Kier molecular flexibility index (Phi) is 5.07. The van der Waals surface area contributed by atoms with Crippen LogP contribution in [0.4, 0.5) is 14.5 Å². The topological polar surface area (TPSA) is 52.7 Å². The Morgan fingerprint density at radius 1 is 1.36 bits per heavy atom. The number of hydrogen-bond donors (Lipinski definition) is 1. The monoisotopic (exact) mass is 311 g/mol. The zero-order valence-electron chi connectivity index (χ0n) is 12.6. The van der Waals surface area contributed by atoms with Gasteiger partial charge in [-0.05, 0) is 31.5 Å². The van der Waals surface area contributed by atoms with Gasteiger partial charge in [-0.1, -0.05) is 0 Å². The van der Waals surface area contributed by atoms with Crippen molar-refractivity contribution < 1.29 is 18.4 Å². The fraction of sp³-hybridized carbons (Fsp3) is 0.467. The van der Waals surface area contributed by atoms with Gasteiger partial charge < -0.3 is 10.2 Å². The first-order valence-electron chi connectivity index (χ1n) is 7.08. The lowest BCUT2D eigenvalue weighted by molar-refractivity contribution is -0.133. The van der Waals surface area contributed by atoms with Crippen LogP contribution >= 0.6 is 0 Å². The quantitative estimate of drug-likeness (QED) is 0.916. The molecule has 1 heterocycles. The molecule has 5 nitrogen and oxygen atoms in total. The lowest BCUT2D eigenvalue weighted by Crippen LogP contribution is -2.45. The third-order valence-corrected chi connectivity index (χ3v) is 3.64. The Hall–Kier alpha value is -2.02. The summed E-state index contributed by atoms with van der Waals surface area (Å²) >= 11 is 0. The van der Waals surface area contributed by atoms with Gasteiger partial charge in [0.1, 0.15) is 11.6 Å². The molecular weight excluding hydrogens is 292 g/mol. The molecule has 22 heavy (non-hydrogen) atoms. The molecule has 1 N–H and O–H groups in total. The van der Waals surface area contributed by atoms with Crippen molar-refractivity contribution in [3.8, 4) is 0 Å². The van der Waals surface area contributed by atoms with Gasteiger partial charge in [-0.3, -0.25) is 14.5 Å². The van der Waals surface area contributed by atoms with Crippen molar-refractivity contribution in [3.05, 3.63) is 29.8 Å². The first kappa shape index (κ1) is 16.4. The number of carbonyl (C=O) groups is 2. The van der Waals surface area contributed by atoms with Crippen LogP contribution in [-0.4, -0.2) is 54.8 Å². The van der Waals surface area contributed by atoms with Gasteiger partial charge in [0, 0.05) is 20.2 Å². The SMILES string of the molecule is CN(C)C(=O)C1CCCN1CC(=O)Nc1ccc(F)cc1F. The molecule has 7 heteroatoms. The van der Waals surface area contributed by atoms with Crippen molar-refractivity contribution in [1.82, 2.24) is 9.80 Å². The standard InChI is InChI=1S/C15H19F2N3O2/c1-19(2)15(22)13-4-3-7-20(13)9-14(21)18-12-6-5-10(16)8-11(12)17/h5-6,8,13H,3-4,7,9H2,1-2H3,(H,18,21). The summed E-state index contributed by atoms with van der Waals surface area (Å²) in [5.41, 5.74) is -0.0684. The zero-order chi connectivity index (χ0) is 16.3. The second-order valence-corrected chi connectivity index (χ2v) is 5.53. The number of nitrogens with zero attached hydrogens (tertiary/aromatic N) is 2. The number of carbonyl (C=O) groups excluding carboxylic acids is 2. The maximum absolute atomic E-state index is 13.5. The molecular formula is C15H19F2N3O2. The van der Waals surface area contributed by atoms with Gasteiger partial charge in [-0.25, -0.2) is 8.78 Å². The third kappa shape index (κ3) is 3.79. The van der Waals surface area contributed by atoms with Crippen LogP contribution in [0.5, 0.6) is 0 Å². The van der Waals surface area contributed by atoms with Crippen molar-refractivity contribution in [1.29, 1.82) is 0 Å². The lowest BCUT2D eigenvalue weighted by atomic mass is 10.2. The van der Waals surface area contributed by atoms with Gasteiger partial charge in [0.05, 0.1) is 18.3 Å². The zero-order valence-corrected chi connectivity index (χ0v) is 12.6. The van der Waals surface area contributed by atoms with Crippen molar-refractivity contribution in [3.63, 3.8) is 0 Å². The lowest BCUT2D eigenvalue weighted by Gasteiger charge is -2.25. The van der Waals surface area contributed by atoms with Crippen LogP contribution in [-0.2, 0) is 9.59 Å². The van der Waals surface area contributed by atoms with Crippen LogP contribution in [0, 0.1) is 11.6 Å². The summed E-state index contributed by atoms with van der Waals surface area (Å²) < 4.78 is 26.3. The fourth-order valence-corrected chi connectivity index (χ4v) is 2.56. The molecule has 120 valence electrons. The molecule has 1 saturated heterocycles. The molecule has 2 amide bonds. The Morgan fingerprint density at radius 2 is 2.09 bits per heavy atom. The number of hydrogen-bond acceptors (Lipinski definition) is 3. The second-order valence-electron chi connectivity index (χ2n) is 5.53. The van der Waals surface area contributed by atoms with E-state index in [0.29, 0.717) is 19.0 Å². The molecule has 0 radical (unpaired) electrons. The first-order valence-corrected chi connectivity index (χ1v) is 7.08. The number of likely N-dealkylation sites (tertiary alicyclic amines) is 1. The van der Waals surface area contributed by atoms with Gasteiger partial charge in [0.25, 0.3) is 0 Å². The summed E-state index contributed by atoms with van der Waals surface area (Å²) in [5, 5.41) is 2.41. The van der Waals surface area contributed by atoms with Crippen molar-refractivity contribution >= 4 is 17.5 Å². The van der Waals surface area contributed by atoms with Crippen LogP contribution in [0.25, 0.3) is 0 Å². The fourth-order valence-electron chi connectivity index (χ4n) is 2.56. The number of anilines is 1. The van der Waals surface area contributed by atoms with E-state index in [4.69, 9.17) is 0 Å². The van der Waals surface area contributed by atoms with Gasteiger partial charge in [-0.15, -0.1) is 0 Å². The highest BCUT2D eigenvalue weighted by Gasteiger charge is 2.32.